The summed E-state index contributed by atoms with van der Waals surface area (Å²) in [4.78, 5) is 2.35. The molecular formula is C24H27N3O4S. The van der Waals surface area contributed by atoms with Crippen LogP contribution in [0.1, 0.15) is 24.1 Å². The SMILES string of the molecule is CCN1CC2=C(NC(=S)NC2c2ccc(O)c(OC)c2)/C(=C/c2ccc(O)c(OC)c2)C1. The first-order valence-electron chi connectivity index (χ1n) is 10.4. The van der Waals surface area contributed by atoms with Crippen LogP contribution in [0.25, 0.3) is 6.08 Å². The van der Waals surface area contributed by atoms with Crippen molar-refractivity contribution < 1.29 is 19.7 Å². The predicted molar refractivity (Wildman–Crippen MR) is 128 cm³/mol. The second-order valence-corrected chi connectivity index (χ2v) is 8.18. The lowest BCUT2D eigenvalue weighted by Crippen LogP contribution is -2.50. The molecule has 0 aliphatic carbocycles. The highest BCUT2D eigenvalue weighted by Crippen LogP contribution is 2.37. The Morgan fingerprint density at radius 1 is 1.06 bits per heavy atom. The number of thiocarbonyl (C=S) groups is 1. The summed E-state index contributed by atoms with van der Waals surface area (Å²) in [5.41, 5.74) is 5.15. The summed E-state index contributed by atoms with van der Waals surface area (Å²) in [6, 6.07) is 10.5. The number of aromatic hydroxyl groups is 2. The first kappa shape index (κ1) is 22.0. The van der Waals surface area contributed by atoms with Crippen LogP contribution in [0, 0.1) is 0 Å². The number of hydrogen-bond donors (Lipinski definition) is 4. The van der Waals surface area contributed by atoms with Crippen molar-refractivity contribution >= 4 is 23.4 Å². The van der Waals surface area contributed by atoms with E-state index < -0.39 is 0 Å². The van der Waals surface area contributed by atoms with Gasteiger partial charge in [0.25, 0.3) is 0 Å². The van der Waals surface area contributed by atoms with E-state index in [9.17, 15) is 10.2 Å². The van der Waals surface area contributed by atoms with Gasteiger partial charge in [-0.1, -0.05) is 19.1 Å². The number of phenolic OH excluding ortho intramolecular Hbond substituents is 2. The van der Waals surface area contributed by atoms with Gasteiger partial charge in [-0.2, -0.15) is 0 Å². The highest BCUT2D eigenvalue weighted by atomic mass is 32.1. The van der Waals surface area contributed by atoms with E-state index in [2.05, 4.69) is 28.5 Å². The minimum atomic E-state index is -0.152. The van der Waals surface area contributed by atoms with Crippen molar-refractivity contribution in [2.45, 2.75) is 13.0 Å². The van der Waals surface area contributed by atoms with Gasteiger partial charge in [-0.3, -0.25) is 4.90 Å². The summed E-state index contributed by atoms with van der Waals surface area (Å²) < 4.78 is 10.6. The Morgan fingerprint density at radius 3 is 2.44 bits per heavy atom. The van der Waals surface area contributed by atoms with Gasteiger partial charge < -0.3 is 30.3 Å². The Kier molecular flexibility index (Phi) is 6.25. The van der Waals surface area contributed by atoms with Crippen molar-refractivity contribution in [3.8, 4) is 23.0 Å². The fraction of sp³-hybridized carbons (Fsp3) is 0.292. The minimum Gasteiger partial charge on any atom is -0.504 e. The van der Waals surface area contributed by atoms with Crippen LogP contribution in [0.4, 0.5) is 0 Å². The summed E-state index contributed by atoms with van der Waals surface area (Å²) in [6.45, 7) is 4.57. The standard InChI is InChI=1S/C24H27N3O4S/c1-4-27-12-16(9-14-5-7-18(28)20(10-14)30-2)23-17(13-27)22(25-24(32)26-23)15-6-8-19(29)21(11-15)31-3/h5-11,22,28-29H,4,12-13H2,1-3H3,(H2,25,26,32)/b16-9+. The second kappa shape index (κ2) is 9.10. The Morgan fingerprint density at radius 2 is 1.75 bits per heavy atom. The van der Waals surface area contributed by atoms with E-state index in [1.54, 1.807) is 12.1 Å². The monoisotopic (exact) mass is 453 g/mol. The van der Waals surface area contributed by atoms with Crippen molar-refractivity contribution in [1.82, 2.24) is 15.5 Å². The summed E-state index contributed by atoms with van der Waals surface area (Å²) >= 11 is 5.54. The van der Waals surface area contributed by atoms with Gasteiger partial charge in [0.1, 0.15) is 0 Å². The van der Waals surface area contributed by atoms with Crippen LogP contribution in [0.2, 0.25) is 0 Å². The molecule has 8 heteroatoms. The number of phenols is 2. The maximum atomic E-state index is 10.0. The van der Waals surface area contributed by atoms with Gasteiger partial charge in [0.2, 0.25) is 0 Å². The van der Waals surface area contributed by atoms with Gasteiger partial charge in [0, 0.05) is 18.8 Å². The fourth-order valence-electron chi connectivity index (χ4n) is 4.15. The van der Waals surface area contributed by atoms with E-state index in [-0.39, 0.29) is 17.5 Å². The summed E-state index contributed by atoms with van der Waals surface area (Å²) in [7, 11) is 3.07. The van der Waals surface area contributed by atoms with Crippen LogP contribution in [0.15, 0.2) is 53.2 Å². The van der Waals surface area contributed by atoms with Crippen LogP contribution in [-0.2, 0) is 0 Å². The van der Waals surface area contributed by atoms with E-state index in [4.69, 9.17) is 21.7 Å². The zero-order valence-corrected chi connectivity index (χ0v) is 19.1. The Hall–Kier alpha value is -3.23. The van der Waals surface area contributed by atoms with E-state index in [0.717, 1.165) is 47.6 Å². The molecule has 4 N–H and O–H groups in total. The first-order valence-corrected chi connectivity index (χ1v) is 10.8. The Labute approximate surface area is 193 Å². The van der Waals surface area contributed by atoms with Gasteiger partial charge in [-0.25, -0.2) is 0 Å². The molecule has 2 heterocycles. The average molecular weight is 454 g/mol. The third kappa shape index (κ3) is 4.24. The van der Waals surface area contributed by atoms with Crippen LogP contribution in [0.3, 0.4) is 0 Å². The first-order chi connectivity index (χ1) is 15.4. The second-order valence-electron chi connectivity index (χ2n) is 7.77. The molecule has 0 amide bonds. The maximum absolute atomic E-state index is 10.0. The number of rotatable bonds is 5. The number of nitrogens with one attached hydrogen (secondary N) is 2. The van der Waals surface area contributed by atoms with Crippen LogP contribution in [0.5, 0.6) is 23.0 Å². The predicted octanol–water partition coefficient (Wildman–Crippen LogP) is 3.31. The molecule has 2 aromatic rings. The molecule has 0 fully saturated rings. The number of methoxy groups -OCH3 is 2. The molecule has 0 saturated heterocycles. The molecule has 2 aliphatic rings. The normalized spacial score (nSPS) is 19.9. The van der Waals surface area contributed by atoms with Gasteiger partial charge in [-0.15, -0.1) is 0 Å². The quantitative estimate of drug-likeness (QED) is 0.513. The van der Waals surface area contributed by atoms with Gasteiger partial charge in [0.05, 0.1) is 20.3 Å². The molecule has 1 atom stereocenters. The number of hydrogen-bond acceptors (Lipinski definition) is 6. The van der Waals surface area contributed by atoms with E-state index in [1.807, 2.05) is 24.3 Å². The molecule has 168 valence electrons. The smallest absolute Gasteiger partial charge is 0.171 e. The zero-order chi connectivity index (χ0) is 22.8. The van der Waals surface area contributed by atoms with Crippen molar-refractivity contribution in [3.05, 3.63) is 64.4 Å². The Bertz CT molecular complexity index is 1110. The highest BCUT2D eigenvalue weighted by molar-refractivity contribution is 7.80. The molecule has 0 aromatic heterocycles. The summed E-state index contributed by atoms with van der Waals surface area (Å²) in [6.07, 6.45) is 2.09. The lowest BCUT2D eigenvalue weighted by Gasteiger charge is -2.40. The molecule has 0 saturated carbocycles. The lowest BCUT2D eigenvalue weighted by molar-refractivity contribution is 0.316. The minimum absolute atomic E-state index is 0.0997. The van der Waals surface area contributed by atoms with Crippen molar-refractivity contribution in [2.24, 2.45) is 0 Å². The maximum Gasteiger partial charge on any atom is 0.171 e. The summed E-state index contributed by atoms with van der Waals surface area (Å²) in [5, 5.41) is 27.2. The summed E-state index contributed by atoms with van der Waals surface area (Å²) in [5.74, 6) is 1.06. The van der Waals surface area contributed by atoms with Crippen molar-refractivity contribution in [2.75, 3.05) is 33.9 Å². The number of ether oxygens (including phenoxy) is 2. The average Bonchev–Trinajstić information content (AvgIpc) is 2.80. The van der Waals surface area contributed by atoms with E-state index in [1.165, 1.54) is 14.2 Å². The molecule has 7 nitrogen and oxygen atoms in total. The van der Waals surface area contributed by atoms with E-state index in [0.29, 0.717) is 16.6 Å². The third-order valence-electron chi connectivity index (χ3n) is 5.82. The van der Waals surface area contributed by atoms with Gasteiger partial charge in [-0.05, 0) is 71.4 Å². The van der Waals surface area contributed by atoms with Crippen LogP contribution < -0.4 is 20.1 Å². The van der Waals surface area contributed by atoms with Crippen LogP contribution in [-0.4, -0.2) is 54.1 Å². The molecule has 2 aromatic carbocycles. The molecule has 0 spiro atoms. The molecule has 0 radical (unpaired) electrons. The van der Waals surface area contributed by atoms with Gasteiger partial charge >= 0.3 is 0 Å². The fourth-order valence-corrected chi connectivity index (χ4v) is 4.37. The lowest BCUT2D eigenvalue weighted by atomic mass is 9.88. The molecule has 0 bridgehead atoms. The number of likely N-dealkylation sites (N-methyl/N-ethyl adjacent to an activating group) is 1. The topological polar surface area (TPSA) is 86.2 Å². The third-order valence-corrected chi connectivity index (χ3v) is 6.04. The number of nitrogens with zero attached hydrogens (tertiary/aromatic N) is 1. The zero-order valence-electron chi connectivity index (χ0n) is 18.3. The largest absolute Gasteiger partial charge is 0.504 e. The molecule has 32 heavy (non-hydrogen) atoms. The van der Waals surface area contributed by atoms with E-state index >= 15 is 0 Å². The van der Waals surface area contributed by atoms with Crippen molar-refractivity contribution in [3.63, 3.8) is 0 Å². The highest BCUT2D eigenvalue weighted by Gasteiger charge is 2.33. The Balaban J connectivity index is 1.81. The molecule has 4 rings (SSSR count). The molecular weight excluding hydrogens is 426 g/mol. The van der Waals surface area contributed by atoms with Gasteiger partial charge in [0.15, 0.2) is 28.1 Å². The van der Waals surface area contributed by atoms with Crippen LogP contribution >= 0.6 is 12.2 Å². The van der Waals surface area contributed by atoms with Crippen molar-refractivity contribution in [1.29, 1.82) is 0 Å². The molecule has 1 unspecified atom stereocenters. The molecule has 2 aliphatic heterocycles. The number of benzene rings is 2.